The minimum atomic E-state index is -4.42. The molecule has 0 saturated carbocycles. The first kappa shape index (κ1) is 22.4. The molecule has 2 aromatic rings. The molecule has 0 aliphatic heterocycles. The lowest BCUT2D eigenvalue weighted by atomic mass is 10.2. The van der Waals surface area contributed by atoms with Crippen LogP contribution in [0, 0.1) is 0 Å². The van der Waals surface area contributed by atoms with Gasteiger partial charge in [-0.15, -0.1) is 0 Å². The minimum absolute atomic E-state index is 0.0531. The fourth-order valence-corrected chi connectivity index (χ4v) is 3.30. The molecule has 2 N–H and O–H groups in total. The lowest BCUT2D eigenvalue weighted by Gasteiger charge is -2.10. The van der Waals surface area contributed by atoms with Gasteiger partial charge in [-0.1, -0.05) is 12.1 Å². The number of benzene rings is 2. The van der Waals surface area contributed by atoms with E-state index in [1.54, 1.807) is 24.3 Å². The van der Waals surface area contributed by atoms with Crippen molar-refractivity contribution in [1.82, 2.24) is 0 Å². The molecule has 6 nitrogen and oxygen atoms in total. The van der Waals surface area contributed by atoms with Gasteiger partial charge in [-0.25, -0.2) is 0 Å². The second kappa shape index (κ2) is 10.1. The van der Waals surface area contributed by atoms with Gasteiger partial charge < -0.3 is 15.4 Å². The Morgan fingerprint density at radius 1 is 0.966 bits per heavy atom. The number of halogens is 3. The van der Waals surface area contributed by atoms with Crippen molar-refractivity contribution in [1.29, 1.82) is 0 Å². The molecule has 0 heterocycles. The average molecular weight is 428 g/mol. The number of rotatable bonds is 8. The van der Waals surface area contributed by atoms with Gasteiger partial charge in [0, 0.05) is 34.9 Å². The standard InChI is InChI=1S/C19H19F3N2O4S/c1-13(25)23-15-4-6-16(7-5-15)24-18(26)11-29(27)10-14-2-8-17(9-3-14)28-12-19(20,21)22/h2-9H,10-12H2,1H3,(H,23,25)(H,24,26)/t29-/m0/s1. The highest BCUT2D eigenvalue weighted by molar-refractivity contribution is 7.84. The minimum Gasteiger partial charge on any atom is -0.484 e. The normalized spacial score (nSPS) is 12.1. The van der Waals surface area contributed by atoms with Crippen LogP contribution >= 0.6 is 0 Å². The molecule has 2 aromatic carbocycles. The summed E-state index contributed by atoms with van der Waals surface area (Å²) in [6.45, 7) is -0.00164. The Balaban J connectivity index is 1.80. The van der Waals surface area contributed by atoms with Gasteiger partial charge in [0.2, 0.25) is 11.8 Å². The third-order valence-electron chi connectivity index (χ3n) is 3.43. The van der Waals surface area contributed by atoms with Gasteiger partial charge in [0.1, 0.15) is 11.5 Å². The number of alkyl halides is 3. The van der Waals surface area contributed by atoms with Crippen LogP contribution in [0.25, 0.3) is 0 Å². The number of anilines is 2. The highest BCUT2D eigenvalue weighted by Crippen LogP contribution is 2.19. The topological polar surface area (TPSA) is 84.5 Å². The van der Waals surface area contributed by atoms with Gasteiger partial charge >= 0.3 is 6.18 Å². The maximum absolute atomic E-state index is 12.2. The molecule has 156 valence electrons. The first-order chi connectivity index (χ1) is 13.6. The molecule has 1 atom stereocenters. The number of hydrogen-bond donors (Lipinski definition) is 2. The molecular weight excluding hydrogens is 409 g/mol. The van der Waals surface area contributed by atoms with Crippen molar-refractivity contribution in [3.05, 3.63) is 54.1 Å². The summed E-state index contributed by atoms with van der Waals surface area (Å²) in [6.07, 6.45) is -4.42. The van der Waals surface area contributed by atoms with Gasteiger partial charge in [0.05, 0.1) is 0 Å². The average Bonchev–Trinajstić information content (AvgIpc) is 2.61. The van der Waals surface area contributed by atoms with Crippen LogP contribution in [0.4, 0.5) is 24.5 Å². The van der Waals surface area contributed by atoms with E-state index in [1.807, 2.05) is 0 Å². The van der Waals surface area contributed by atoms with Crippen LogP contribution in [-0.4, -0.2) is 34.6 Å². The molecule has 0 unspecified atom stereocenters. The highest BCUT2D eigenvalue weighted by Gasteiger charge is 2.28. The van der Waals surface area contributed by atoms with E-state index >= 15 is 0 Å². The third-order valence-corrected chi connectivity index (χ3v) is 4.67. The molecule has 0 bridgehead atoms. The number of carbonyl (C=O) groups excluding carboxylic acids is 2. The highest BCUT2D eigenvalue weighted by atomic mass is 32.2. The van der Waals surface area contributed by atoms with E-state index in [9.17, 15) is 27.0 Å². The molecule has 0 fully saturated rings. The Bertz CT molecular complexity index is 869. The van der Waals surface area contributed by atoms with Gasteiger partial charge in [0.25, 0.3) is 0 Å². The Labute approximate surface area is 167 Å². The second-order valence-corrected chi connectivity index (χ2v) is 7.54. The van der Waals surface area contributed by atoms with Crippen molar-refractivity contribution in [2.45, 2.75) is 18.9 Å². The van der Waals surface area contributed by atoms with Gasteiger partial charge in [0.15, 0.2) is 6.61 Å². The van der Waals surface area contributed by atoms with Gasteiger partial charge in [-0.3, -0.25) is 13.8 Å². The van der Waals surface area contributed by atoms with Crippen molar-refractivity contribution in [3.8, 4) is 5.75 Å². The summed E-state index contributed by atoms with van der Waals surface area (Å²) in [4.78, 5) is 23.0. The summed E-state index contributed by atoms with van der Waals surface area (Å²) in [5.41, 5.74) is 1.68. The van der Waals surface area contributed by atoms with Crippen molar-refractivity contribution >= 4 is 34.0 Å². The smallest absolute Gasteiger partial charge is 0.422 e. The number of hydrogen-bond acceptors (Lipinski definition) is 4. The molecule has 2 rings (SSSR count). The first-order valence-electron chi connectivity index (χ1n) is 8.42. The summed E-state index contributed by atoms with van der Waals surface area (Å²) in [7, 11) is -1.50. The molecule has 0 aliphatic rings. The van der Waals surface area contributed by atoms with Crippen LogP contribution < -0.4 is 15.4 Å². The molecule has 0 aliphatic carbocycles. The summed E-state index contributed by atoms with van der Waals surface area (Å²) >= 11 is 0. The zero-order valence-corrected chi connectivity index (χ0v) is 16.2. The maximum atomic E-state index is 12.2. The SMILES string of the molecule is CC(=O)Nc1ccc(NC(=O)C[S@@](=O)Cc2ccc(OCC(F)(F)F)cc2)cc1. The van der Waals surface area contributed by atoms with Crippen molar-refractivity contribution in [2.75, 3.05) is 23.0 Å². The fourth-order valence-electron chi connectivity index (χ4n) is 2.27. The third kappa shape index (κ3) is 8.77. The van der Waals surface area contributed by atoms with E-state index in [1.165, 1.54) is 31.2 Å². The molecule has 0 radical (unpaired) electrons. The predicted molar refractivity (Wildman–Crippen MR) is 104 cm³/mol. The number of nitrogens with one attached hydrogen (secondary N) is 2. The van der Waals surface area contributed by atoms with E-state index in [-0.39, 0.29) is 23.2 Å². The first-order valence-corrected chi connectivity index (χ1v) is 9.90. The van der Waals surface area contributed by atoms with Crippen molar-refractivity contribution < 1.29 is 31.7 Å². The van der Waals surface area contributed by atoms with E-state index < -0.39 is 29.5 Å². The molecular formula is C19H19F3N2O4S. The maximum Gasteiger partial charge on any atom is 0.422 e. The lowest BCUT2D eigenvalue weighted by molar-refractivity contribution is -0.153. The van der Waals surface area contributed by atoms with Crippen molar-refractivity contribution in [3.63, 3.8) is 0 Å². The number of carbonyl (C=O) groups is 2. The molecule has 0 saturated heterocycles. The van der Waals surface area contributed by atoms with Crippen LogP contribution in [0.3, 0.4) is 0 Å². The lowest BCUT2D eigenvalue weighted by Crippen LogP contribution is -2.20. The summed E-state index contributed by atoms with van der Waals surface area (Å²) in [5.74, 6) is -0.760. The monoisotopic (exact) mass is 428 g/mol. The van der Waals surface area contributed by atoms with E-state index in [2.05, 4.69) is 15.4 Å². The Morgan fingerprint density at radius 3 is 2.03 bits per heavy atom. The second-order valence-electron chi connectivity index (χ2n) is 6.08. The van der Waals surface area contributed by atoms with Gasteiger partial charge in [-0.05, 0) is 42.0 Å². The zero-order valence-electron chi connectivity index (χ0n) is 15.4. The molecule has 0 aromatic heterocycles. The molecule has 29 heavy (non-hydrogen) atoms. The largest absolute Gasteiger partial charge is 0.484 e. The Morgan fingerprint density at radius 2 is 1.52 bits per heavy atom. The Kier molecular flexibility index (Phi) is 7.77. The summed E-state index contributed by atoms with van der Waals surface area (Å²) in [5, 5.41) is 5.21. The molecule has 0 spiro atoms. The zero-order chi connectivity index (χ0) is 21.4. The quantitative estimate of drug-likeness (QED) is 0.674. The van der Waals surface area contributed by atoms with Crippen LogP contribution in [-0.2, 0) is 26.1 Å². The molecule has 10 heteroatoms. The van der Waals surface area contributed by atoms with E-state index in [0.717, 1.165) is 0 Å². The van der Waals surface area contributed by atoms with Crippen LogP contribution in [0.5, 0.6) is 5.75 Å². The fraction of sp³-hybridized carbons (Fsp3) is 0.263. The van der Waals surface area contributed by atoms with Crippen molar-refractivity contribution in [2.24, 2.45) is 0 Å². The van der Waals surface area contributed by atoms with Gasteiger partial charge in [-0.2, -0.15) is 13.2 Å². The Hall–Kier alpha value is -2.88. The number of ether oxygens (including phenoxy) is 1. The van der Waals surface area contributed by atoms with Crippen LogP contribution in [0.15, 0.2) is 48.5 Å². The van der Waals surface area contributed by atoms with Crippen LogP contribution in [0.1, 0.15) is 12.5 Å². The van der Waals surface area contributed by atoms with E-state index in [0.29, 0.717) is 16.9 Å². The van der Waals surface area contributed by atoms with E-state index in [4.69, 9.17) is 0 Å². The predicted octanol–water partition coefficient (Wildman–Crippen LogP) is 3.47. The molecule has 2 amide bonds. The summed E-state index contributed by atoms with van der Waals surface area (Å²) < 4.78 is 53.1. The number of amides is 2. The van der Waals surface area contributed by atoms with Crippen LogP contribution in [0.2, 0.25) is 0 Å². The summed E-state index contributed by atoms with van der Waals surface area (Å²) in [6, 6.07) is 12.2.